The summed E-state index contributed by atoms with van der Waals surface area (Å²) in [5, 5.41) is 2.96. The minimum atomic E-state index is 0.0500. The number of nitrogens with one attached hydrogen (secondary N) is 1. The molecule has 25 heavy (non-hydrogen) atoms. The van der Waals surface area contributed by atoms with E-state index in [-0.39, 0.29) is 5.91 Å². The van der Waals surface area contributed by atoms with Crippen LogP contribution in [0.25, 0.3) is 5.69 Å². The van der Waals surface area contributed by atoms with E-state index in [4.69, 9.17) is 4.74 Å². The van der Waals surface area contributed by atoms with Crippen molar-refractivity contribution in [2.45, 2.75) is 45.1 Å². The van der Waals surface area contributed by atoms with Crippen molar-refractivity contribution in [1.82, 2.24) is 9.88 Å². The van der Waals surface area contributed by atoms with E-state index in [0.29, 0.717) is 31.6 Å². The molecule has 0 saturated heterocycles. The second-order valence-corrected chi connectivity index (χ2v) is 6.95. The normalized spacial score (nSPS) is 20.4. The van der Waals surface area contributed by atoms with Gasteiger partial charge in [0, 0.05) is 24.6 Å². The fourth-order valence-electron chi connectivity index (χ4n) is 3.47. The van der Waals surface area contributed by atoms with Gasteiger partial charge in [0.05, 0.1) is 19.1 Å². The van der Waals surface area contributed by atoms with E-state index in [9.17, 15) is 4.79 Å². The zero-order valence-corrected chi connectivity index (χ0v) is 15.0. The third kappa shape index (κ3) is 5.20. The molecule has 134 valence electrons. The Morgan fingerprint density at radius 1 is 1.16 bits per heavy atom. The van der Waals surface area contributed by atoms with Gasteiger partial charge in [0.25, 0.3) is 0 Å². The number of aromatic nitrogens is 1. The number of amides is 1. The van der Waals surface area contributed by atoms with Crippen LogP contribution >= 0.6 is 0 Å². The van der Waals surface area contributed by atoms with Crippen molar-refractivity contribution < 1.29 is 9.53 Å². The van der Waals surface area contributed by atoms with Crippen LogP contribution in [0.15, 0.2) is 48.8 Å². The van der Waals surface area contributed by atoms with Gasteiger partial charge in [-0.15, -0.1) is 0 Å². The molecule has 0 bridgehead atoms. The maximum atomic E-state index is 12.1. The summed E-state index contributed by atoms with van der Waals surface area (Å²) in [6.45, 7) is 3.45. The van der Waals surface area contributed by atoms with Gasteiger partial charge in [0.1, 0.15) is 0 Å². The highest BCUT2D eigenvalue weighted by Gasteiger charge is 2.21. The highest BCUT2D eigenvalue weighted by atomic mass is 16.5. The number of carbonyl (C=O) groups is 1. The molecule has 4 nitrogen and oxygen atoms in total. The Balaban J connectivity index is 1.37. The number of ether oxygens (including phenoxy) is 1. The first-order valence-electron chi connectivity index (χ1n) is 9.33. The smallest absolute Gasteiger partial charge is 0.224 e. The molecule has 1 aliphatic carbocycles. The number of rotatable bonds is 7. The Hall–Kier alpha value is -2.07. The molecular weight excluding hydrogens is 312 g/mol. The van der Waals surface area contributed by atoms with E-state index >= 15 is 0 Å². The fraction of sp³-hybridized carbons (Fsp3) is 0.476. The van der Waals surface area contributed by atoms with Crippen molar-refractivity contribution in [3.05, 3.63) is 54.4 Å². The molecule has 0 radical (unpaired) electrons. The lowest BCUT2D eigenvalue weighted by atomic mass is 9.88. The first-order chi connectivity index (χ1) is 12.2. The van der Waals surface area contributed by atoms with Gasteiger partial charge >= 0.3 is 0 Å². The molecule has 1 aliphatic rings. The molecule has 2 atom stereocenters. The Labute approximate surface area is 150 Å². The Bertz CT molecular complexity index is 649. The minimum Gasteiger partial charge on any atom is -0.376 e. The van der Waals surface area contributed by atoms with Gasteiger partial charge in [-0.2, -0.15) is 0 Å². The molecule has 1 fully saturated rings. The molecule has 1 heterocycles. The van der Waals surface area contributed by atoms with Crippen LogP contribution in [0.1, 0.15) is 38.2 Å². The zero-order chi connectivity index (χ0) is 17.5. The lowest BCUT2D eigenvalue weighted by Crippen LogP contribution is -2.32. The molecule has 4 heteroatoms. The van der Waals surface area contributed by atoms with Crippen LogP contribution in [0.5, 0.6) is 0 Å². The van der Waals surface area contributed by atoms with Gasteiger partial charge in [-0.05, 0) is 48.6 Å². The highest BCUT2D eigenvalue weighted by Crippen LogP contribution is 2.25. The lowest BCUT2D eigenvalue weighted by molar-refractivity contribution is -0.120. The second-order valence-electron chi connectivity index (χ2n) is 6.95. The molecule has 2 aromatic rings. The molecule has 1 aromatic carbocycles. The molecule has 1 aromatic heterocycles. The molecule has 0 unspecified atom stereocenters. The van der Waals surface area contributed by atoms with Crippen molar-refractivity contribution in [3.8, 4) is 5.69 Å². The minimum absolute atomic E-state index is 0.0500. The average Bonchev–Trinajstić information content (AvgIpc) is 3.15. The summed E-state index contributed by atoms with van der Waals surface area (Å²) in [7, 11) is 0. The summed E-state index contributed by atoms with van der Waals surface area (Å²) in [5.74, 6) is 0.692. The van der Waals surface area contributed by atoms with Crippen LogP contribution in [-0.2, 0) is 16.0 Å². The largest absolute Gasteiger partial charge is 0.376 e. The van der Waals surface area contributed by atoms with E-state index in [1.807, 2.05) is 53.4 Å². The first kappa shape index (κ1) is 17.7. The van der Waals surface area contributed by atoms with Crippen LogP contribution in [0.2, 0.25) is 0 Å². The summed E-state index contributed by atoms with van der Waals surface area (Å²) in [6, 6.07) is 12.1. The molecule has 3 rings (SSSR count). The standard InChI is InChI=1S/C21H28N2O2/c1-17-6-2-3-7-20(17)25-15-12-22-21(24)16-18-8-10-19(11-9-18)23-13-4-5-14-23/h4-5,8-11,13-14,17,20H,2-3,6-7,12,15-16H2,1H3,(H,22,24)/t17-,20+/m0/s1. The number of nitrogens with zero attached hydrogens (tertiary/aromatic N) is 1. The van der Waals surface area contributed by atoms with Crippen molar-refractivity contribution in [2.75, 3.05) is 13.2 Å². The maximum absolute atomic E-state index is 12.1. The van der Waals surface area contributed by atoms with Gasteiger partial charge in [-0.3, -0.25) is 4.79 Å². The van der Waals surface area contributed by atoms with Crippen LogP contribution in [-0.4, -0.2) is 29.7 Å². The summed E-state index contributed by atoms with van der Waals surface area (Å²) in [6.07, 6.45) is 9.79. The van der Waals surface area contributed by atoms with E-state index in [1.165, 1.54) is 19.3 Å². The quantitative estimate of drug-likeness (QED) is 0.781. The molecule has 0 spiro atoms. The predicted octanol–water partition coefficient (Wildman–Crippen LogP) is 3.73. The van der Waals surface area contributed by atoms with Gasteiger partial charge in [0.2, 0.25) is 5.91 Å². The third-order valence-electron chi connectivity index (χ3n) is 4.99. The van der Waals surface area contributed by atoms with Gasteiger partial charge < -0.3 is 14.6 Å². The van der Waals surface area contributed by atoms with Crippen molar-refractivity contribution in [1.29, 1.82) is 0 Å². The van der Waals surface area contributed by atoms with Crippen LogP contribution in [0.3, 0.4) is 0 Å². The highest BCUT2D eigenvalue weighted by molar-refractivity contribution is 5.78. The molecule has 1 amide bonds. The number of hydrogen-bond donors (Lipinski definition) is 1. The first-order valence-corrected chi connectivity index (χ1v) is 9.33. The Morgan fingerprint density at radius 3 is 2.60 bits per heavy atom. The SMILES string of the molecule is C[C@H]1CCCC[C@H]1OCCNC(=O)Cc1ccc(-n2cccc2)cc1. The Kier molecular flexibility index (Phi) is 6.29. The third-order valence-corrected chi connectivity index (χ3v) is 4.99. The van der Waals surface area contributed by atoms with E-state index in [0.717, 1.165) is 17.7 Å². The van der Waals surface area contributed by atoms with E-state index in [2.05, 4.69) is 12.2 Å². The zero-order valence-electron chi connectivity index (χ0n) is 15.0. The van der Waals surface area contributed by atoms with Gasteiger partial charge in [-0.1, -0.05) is 31.9 Å². The summed E-state index contributed by atoms with van der Waals surface area (Å²) < 4.78 is 7.98. The maximum Gasteiger partial charge on any atom is 0.224 e. The number of hydrogen-bond acceptors (Lipinski definition) is 2. The lowest BCUT2D eigenvalue weighted by Gasteiger charge is -2.28. The van der Waals surface area contributed by atoms with E-state index in [1.54, 1.807) is 0 Å². The fourth-order valence-corrected chi connectivity index (χ4v) is 3.47. The summed E-state index contributed by atoms with van der Waals surface area (Å²) in [5.41, 5.74) is 2.12. The Morgan fingerprint density at radius 2 is 1.88 bits per heavy atom. The second kappa shape index (κ2) is 8.86. The van der Waals surface area contributed by atoms with Crippen molar-refractivity contribution >= 4 is 5.91 Å². The van der Waals surface area contributed by atoms with Crippen LogP contribution in [0.4, 0.5) is 0 Å². The summed E-state index contributed by atoms with van der Waals surface area (Å²) >= 11 is 0. The van der Waals surface area contributed by atoms with Gasteiger partial charge in [-0.25, -0.2) is 0 Å². The molecular formula is C21H28N2O2. The van der Waals surface area contributed by atoms with Gasteiger partial charge in [0.15, 0.2) is 0 Å². The molecule has 1 saturated carbocycles. The van der Waals surface area contributed by atoms with Crippen LogP contribution in [0, 0.1) is 5.92 Å². The topological polar surface area (TPSA) is 43.3 Å². The monoisotopic (exact) mass is 340 g/mol. The summed E-state index contributed by atoms with van der Waals surface area (Å²) in [4.78, 5) is 12.1. The number of benzene rings is 1. The van der Waals surface area contributed by atoms with Crippen LogP contribution < -0.4 is 5.32 Å². The van der Waals surface area contributed by atoms with Crippen molar-refractivity contribution in [3.63, 3.8) is 0 Å². The van der Waals surface area contributed by atoms with E-state index < -0.39 is 0 Å². The van der Waals surface area contributed by atoms with Crippen molar-refractivity contribution in [2.24, 2.45) is 5.92 Å². The predicted molar refractivity (Wildman–Crippen MR) is 99.9 cm³/mol. The molecule has 1 N–H and O–H groups in total. The molecule has 0 aliphatic heterocycles. The average molecular weight is 340 g/mol. The number of carbonyl (C=O) groups excluding carboxylic acids is 1.